The lowest BCUT2D eigenvalue weighted by molar-refractivity contribution is -0.124. The summed E-state index contributed by atoms with van der Waals surface area (Å²) in [6.07, 6.45) is 0.441. The first-order valence-electron chi connectivity index (χ1n) is 7.16. The zero-order valence-electron chi connectivity index (χ0n) is 11.8. The lowest BCUT2D eigenvalue weighted by Crippen LogP contribution is -2.54. The molecule has 2 heterocycles. The van der Waals surface area contributed by atoms with E-state index >= 15 is 0 Å². The molecule has 4 rings (SSSR count). The highest BCUT2D eigenvalue weighted by molar-refractivity contribution is 8.01. The fourth-order valence-electron chi connectivity index (χ4n) is 3.12. The maximum Gasteiger partial charge on any atom is 0.266 e. The van der Waals surface area contributed by atoms with Gasteiger partial charge in [0, 0.05) is 29.1 Å². The zero-order valence-corrected chi connectivity index (χ0v) is 12.6. The fraction of sp³-hybridized carbons (Fsp3) is 0.176. The van der Waals surface area contributed by atoms with E-state index in [1.54, 1.807) is 4.90 Å². The van der Waals surface area contributed by atoms with Gasteiger partial charge < -0.3 is 5.32 Å². The number of anilines is 2. The summed E-state index contributed by atoms with van der Waals surface area (Å²) in [4.78, 5) is 26.1. The molecule has 2 amide bonds. The highest BCUT2D eigenvalue weighted by Crippen LogP contribution is 2.52. The first-order valence-corrected chi connectivity index (χ1v) is 8.15. The number of para-hydroxylation sites is 2. The Morgan fingerprint density at radius 1 is 1.00 bits per heavy atom. The molecule has 22 heavy (non-hydrogen) atoms. The Morgan fingerprint density at radius 3 is 2.55 bits per heavy atom. The number of carbonyl (C=O) groups is 2. The van der Waals surface area contributed by atoms with Gasteiger partial charge in [-0.05, 0) is 18.2 Å². The van der Waals surface area contributed by atoms with Crippen LogP contribution in [0.25, 0.3) is 0 Å². The third-order valence-electron chi connectivity index (χ3n) is 4.05. The number of amides is 2. The van der Waals surface area contributed by atoms with Crippen LogP contribution in [0.1, 0.15) is 12.0 Å². The van der Waals surface area contributed by atoms with Gasteiger partial charge in [-0.3, -0.25) is 14.5 Å². The molecule has 2 aliphatic heterocycles. The zero-order chi connectivity index (χ0) is 15.2. The largest absolute Gasteiger partial charge is 0.323 e. The Labute approximate surface area is 132 Å². The van der Waals surface area contributed by atoms with E-state index in [1.165, 1.54) is 11.8 Å². The van der Waals surface area contributed by atoms with Crippen LogP contribution in [-0.2, 0) is 14.5 Å². The predicted molar refractivity (Wildman–Crippen MR) is 87.8 cm³/mol. The molecule has 0 bridgehead atoms. The molecule has 5 heteroatoms. The first-order chi connectivity index (χ1) is 10.7. The molecule has 2 aromatic carbocycles. The number of hydrogen-bond acceptors (Lipinski definition) is 3. The van der Waals surface area contributed by atoms with Crippen LogP contribution in [-0.4, -0.2) is 17.6 Å². The third-order valence-corrected chi connectivity index (χ3v) is 5.47. The van der Waals surface area contributed by atoms with Crippen molar-refractivity contribution in [3.63, 3.8) is 0 Å². The van der Waals surface area contributed by atoms with Crippen LogP contribution in [0.2, 0.25) is 0 Å². The van der Waals surface area contributed by atoms with Crippen LogP contribution in [0.4, 0.5) is 11.4 Å². The molecule has 0 saturated carbocycles. The van der Waals surface area contributed by atoms with Gasteiger partial charge in [-0.2, -0.15) is 0 Å². The number of nitrogens with one attached hydrogen (secondary N) is 1. The maximum atomic E-state index is 12.8. The molecule has 2 aromatic rings. The molecule has 4 nitrogen and oxygen atoms in total. The van der Waals surface area contributed by atoms with Crippen LogP contribution in [0, 0.1) is 0 Å². The molecule has 2 aliphatic rings. The standard InChI is InChI=1S/C17H14N2O2S/c20-15-10-11-22-17(19(15)12-6-2-1-3-7-12)13-8-4-5-9-14(13)18-16(17)21/h1-9H,10-11H2,(H,18,21). The fourth-order valence-corrected chi connectivity index (χ4v) is 4.55. The van der Waals surface area contributed by atoms with Crippen LogP contribution in [0.3, 0.4) is 0 Å². The Balaban J connectivity index is 1.95. The molecule has 0 radical (unpaired) electrons. The van der Waals surface area contributed by atoms with Gasteiger partial charge in [0.05, 0.1) is 0 Å². The average molecular weight is 310 g/mol. The van der Waals surface area contributed by atoms with Crippen molar-refractivity contribution in [2.75, 3.05) is 16.0 Å². The van der Waals surface area contributed by atoms with Crippen molar-refractivity contribution in [2.45, 2.75) is 11.3 Å². The molecule has 1 fully saturated rings. The summed E-state index contributed by atoms with van der Waals surface area (Å²) in [5, 5.41) is 2.92. The van der Waals surface area contributed by atoms with Crippen LogP contribution in [0.5, 0.6) is 0 Å². The molecule has 1 spiro atoms. The number of rotatable bonds is 1. The summed E-state index contributed by atoms with van der Waals surface area (Å²) in [6, 6.07) is 17.0. The van der Waals surface area contributed by atoms with E-state index < -0.39 is 4.87 Å². The molecule has 1 atom stereocenters. The molecule has 110 valence electrons. The first kappa shape index (κ1) is 13.4. The summed E-state index contributed by atoms with van der Waals surface area (Å²) < 4.78 is 0. The van der Waals surface area contributed by atoms with Gasteiger partial charge in [0.1, 0.15) is 0 Å². The number of thioether (sulfide) groups is 1. The van der Waals surface area contributed by atoms with Gasteiger partial charge >= 0.3 is 0 Å². The van der Waals surface area contributed by atoms with E-state index in [9.17, 15) is 9.59 Å². The molecule has 1 unspecified atom stereocenters. The average Bonchev–Trinajstić information content (AvgIpc) is 2.81. The van der Waals surface area contributed by atoms with Crippen molar-refractivity contribution in [2.24, 2.45) is 0 Å². The van der Waals surface area contributed by atoms with E-state index in [-0.39, 0.29) is 11.8 Å². The van der Waals surface area contributed by atoms with Gasteiger partial charge in [-0.1, -0.05) is 36.4 Å². The van der Waals surface area contributed by atoms with Crippen molar-refractivity contribution < 1.29 is 9.59 Å². The molecule has 0 aliphatic carbocycles. The van der Waals surface area contributed by atoms with Crippen molar-refractivity contribution in [1.29, 1.82) is 0 Å². The lowest BCUT2D eigenvalue weighted by atomic mass is 10.0. The molecule has 0 aromatic heterocycles. The van der Waals surface area contributed by atoms with Gasteiger partial charge in [-0.15, -0.1) is 11.8 Å². The van der Waals surface area contributed by atoms with Gasteiger partial charge in [0.2, 0.25) is 10.8 Å². The Morgan fingerprint density at radius 2 is 1.73 bits per heavy atom. The quantitative estimate of drug-likeness (QED) is 0.881. The molecule has 1 N–H and O–H groups in total. The van der Waals surface area contributed by atoms with Crippen molar-refractivity contribution >= 4 is 35.0 Å². The summed E-state index contributed by atoms with van der Waals surface area (Å²) in [7, 11) is 0. The topological polar surface area (TPSA) is 49.4 Å². The number of hydrogen-bond donors (Lipinski definition) is 1. The van der Waals surface area contributed by atoms with Gasteiger partial charge in [0.15, 0.2) is 0 Å². The van der Waals surface area contributed by atoms with Crippen LogP contribution in [0.15, 0.2) is 54.6 Å². The second-order valence-corrected chi connectivity index (χ2v) is 6.59. The number of benzene rings is 2. The Hall–Kier alpha value is -2.27. The number of fused-ring (bicyclic) bond motifs is 2. The SMILES string of the molecule is O=C1CCSC2(C(=O)Nc3ccccc32)N1c1ccccc1. The monoisotopic (exact) mass is 310 g/mol. The second kappa shape index (κ2) is 4.88. The minimum absolute atomic E-state index is 0.0168. The lowest BCUT2D eigenvalue weighted by Gasteiger charge is -2.42. The van der Waals surface area contributed by atoms with Crippen molar-refractivity contribution in [3.05, 3.63) is 60.2 Å². The summed E-state index contributed by atoms with van der Waals surface area (Å²) in [5.74, 6) is 0.483. The van der Waals surface area contributed by atoms with E-state index in [0.717, 1.165) is 16.9 Å². The van der Waals surface area contributed by atoms with E-state index in [4.69, 9.17) is 0 Å². The smallest absolute Gasteiger partial charge is 0.266 e. The molecular weight excluding hydrogens is 296 g/mol. The minimum atomic E-state index is -0.993. The maximum absolute atomic E-state index is 12.8. The van der Waals surface area contributed by atoms with Gasteiger partial charge in [0.25, 0.3) is 5.91 Å². The molecular formula is C17H14N2O2S. The predicted octanol–water partition coefficient (Wildman–Crippen LogP) is 2.96. The highest BCUT2D eigenvalue weighted by atomic mass is 32.2. The number of nitrogens with zero attached hydrogens (tertiary/aromatic N) is 1. The Kier molecular flexibility index (Phi) is 2.97. The van der Waals surface area contributed by atoms with Gasteiger partial charge in [-0.25, -0.2) is 0 Å². The van der Waals surface area contributed by atoms with E-state index in [2.05, 4.69) is 5.32 Å². The van der Waals surface area contributed by atoms with Crippen LogP contribution >= 0.6 is 11.8 Å². The van der Waals surface area contributed by atoms with Crippen molar-refractivity contribution in [3.8, 4) is 0 Å². The van der Waals surface area contributed by atoms with E-state index in [0.29, 0.717) is 12.2 Å². The highest BCUT2D eigenvalue weighted by Gasteiger charge is 2.56. The number of carbonyl (C=O) groups excluding carboxylic acids is 2. The summed E-state index contributed by atoms with van der Waals surface area (Å²) in [5.41, 5.74) is 2.41. The second-order valence-electron chi connectivity index (χ2n) is 5.31. The van der Waals surface area contributed by atoms with Crippen LogP contribution < -0.4 is 10.2 Å². The Bertz CT molecular complexity index is 762. The van der Waals surface area contributed by atoms with Crippen molar-refractivity contribution in [1.82, 2.24) is 0 Å². The summed E-state index contributed by atoms with van der Waals surface area (Å²) in [6.45, 7) is 0. The minimum Gasteiger partial charge on any atom is -0.323 e. The molecule has 1 saturated heterocycles. The normalized spacial score (nSPS) is 23.5. The third kappa shape index (κ3) is 1.72. The van der Waals surface area contributed by atoms with E-state index in [1.807, 2.05) is 54.6 Å². The summed E-state index contributed by atoms with van der Waals surface area (Å²) >= 11 is 1.52.